The zero-order valence-electron chi connectivity index (χ0n) is 13.1. The van der Waals surface area contributed by atoms with Gasteiger partial charge >= 0.3 is 0 Å². The predicted molar refractivity (Wildman–Crippen MR) is 89.7 cm³/mol. The Kier molecular flexibility index (Phi) is 3.77. The first kappa shape index (κ1) is 15.8. The first-order chi connectivity index (χ1) is 12.1. The molecule has 1 aliphatic carbocycles. The molecule has 0 radical (unpaired) electrons. The lowest BCUT2D eigenvalue weighted by Gasteiger charge is -2.30. The number of nitriles is 1. The quantitative estimate of drug-likeness (QED) is 0.722. The molecular weight excluding hydrogens is 345 g/mol. The van der Waals surface area contributed by atoms with Gasteiger partial charge in [-0.05, 0) is 18.9 Å². The van der Waals surface area contributed by atoms with Crippen LogP contribution in [-0.2, 0) is 6.54 Å². The van der Waals surface area contributed by atoms with Crippen LogP contribution in [0.5, 0.6) is 0 Å². The van der Waals surface area contributed by atoms with Crippen LogP contribution in [0.4, 0.5) is 4.39 Å². The van der Waals surface area contributed by atoms with Crippen LogP contribution in [0, 0.1) is 23.1 Å². The average molecular weight is 358 g/mol. The van der Waals surface area contributed by atoms with E-state index < -0.39 is 0 Å². The maximum atomic E-state index is 13.8. The second-order valence-corrected chi connectivity index (χ2v) is 6.51. The molecule has 0 amide bonds. The van der Waals surface area contributed by atoms with E-state index in [0.29, 0.717) is 23.8 Å². The number of hydrogen-bond acceptors (Lipinski definition) is 4. The molecule has 0 spiro atoms. The second kappa shape index (κ2) is 5.97. The highest BCUT2D eigenvalue weighted by Gasteiger charge is 2.32. The fraction of sp³-hybridized carbons (Fsp3) is 0.294. The Hall–Kier alpha value is -2.72. The zero-order chi connectivity index (χ0) is 17.6. The molecular formula is C17H13ClFN5O. The molecule has 1 saturated carbocycles. The van der Waals surface area contributed by atoms with E-state index in [0.717, 1.165) is 0 Å². The molecule has 0 bridgehead atoms. The van der Waals surface area contributed by atoms with Gasteiger partial charge in [-0.3, -0.25) is 4.79 Å². The van der Waals surface area contributed by atoms with Gasteiger partial charge < -0.3 is 0 Å². The fourth-order valence-corrected chi connectivity index (χ4v) is 3.29. The van der Waals surface area contributed by atoms with Gasteiger partial charge in [0.15, 0.2) is 5.52 Å². The number of fused-ring (bicyclic) bond motifs is 1. The van der Waals surface area contributed by atoms with Crippen molar-refractivity contribution in [3.05, 3.63) is 57.3 Å². The van der Waals surface area contributed by atoms with Gasteiger partial charge in [-0.1, -0.05) is 29.8 Å². The number of nitrogens with zero attached hydrogens (tertiary/aromatic N) is 5. The number of aromatic nitrogens is 4. The Morgan fingerprint density at radius 1 is 1.36 bits per heavy atom. The molecule has 1 fully saturated rings. The van der Waals surface area contributed by atoms with E-state index in [1.165, 1.54) is 21.6 Å². The largest absolute Gasteiger partial charge is 0.295 e. The van der Waals surface area contributed by atoms with Gasteiger partial charge in [0.1, 0.15) is 11.0 Å². The molecule has 1 aromatic carbocycles. The van der Waals surface area contributed by atoms with Crippen LogP contribution < -0.4 is 5.56 Å². The summed E-state index contributed by atoms with van der Waals surface area (Å²) < 4.78 is 16.6. The Morgan fingerprint density at radius 2 is 2.12 bits per heavy atom. The third kappa shape index (κ3) is 2.59. The normalized spacial score (nSPS) is 19.6. The van der Waals surface area contributed by atoms with Gasteiger partial charge in [-0.15, -0.1) is 0 Å². The van der Waals surface area contributed by atoms with Crippen LogP contribution in [-0.4, -0.2) is 19.6 Å². The van der Waals surface area contributed by atoms with E-state index in [1.807, 2.05) is 0 Å². The highest BCUT2D eigenvalue weighted by Crippen LogP contribution is 2.36. The highest BCUT2D eigenvalue weighted by atomic mass is 35.5. The molecule has 0 N–H and O–H groups in total. The minimum atomic E-state index is -0.356. The molecule has 2 heterocycles. The van der Waals surface area contributed by atoms with Gasteiger partial charge in [-0.2, -0.15) is 15.5 Å². The summed E-state index contributed by atoms with van der Waals surface area (Å²) in [7, 11) is 0. The van der Waals surface area contributed by atoms with Crippen LogP contribution >= 0.6 is 11.6 Å². The third-order valence-corrected chi connectivity index (χ3v) is 4.96. The van der Waals surface area contributed by atoms with Gasteiger partial charge in [-0.25, -0.2) is 13.8 Å². The lowest BCUT2D eigenvalue weighted by atomic mass is 9.81. The SMILES string of the molecule is N#CC1CC(n2ncc3c(Cl)n(Cc4ccccc4F)nc3c2=O)C1. The number of rotatable bonds is 3. The lowest BCUT2D eigenvalue weighted by molar-refractivity contribution is 0.223. The Morgan fingerprint density at radius 3 is 2.84 bits per heavy atom. The molecule has 0 atom stereocenters. The Bertz CT molecular complexity index is 1060. The molecule has 4 rings (SSSR count). The first-order valence-corrected chi connectivity index (χ1v) is 8.23. The Labute approximate surface area is 147 Å². The maximum Gasteiger partial charge on any atom is 0.295 e. The molecule has 0 saturated heterocycles. The summed E-state index contributed by atoms with van der Waals surface area (Å²) in [5.41, 5.74) is 0.297. The molecule has 6 nitrogen and oxygen atoms in total. The smallest absolute Gasteiger partial charge is 0.265 e. The van der Waals surface area contributed by atoms with Crippen molar-refractivity contribution in [2.75, 3.05) is 0 Å². The molecule has 0 aliphatic heterocycles. The van der Waals surface area contributed by atoms with E-state index in [9.17, 15) is 9.18 Å². The van der Waals surface area contributed by atoms with Gasteiger partial charge in [0.05, 0.1) is 36.2 Å². The summed E-state index contributed by atoms with van der Waals surface area (Å²) >= 11 is 6.30. The van der Waals surface area contributed by atoms with E-state index in [2.05, 4.69) is 16.3 Å². The van der Waals surface area contributed by atoms with E-state index in [-0.39, 0.29) is 40.6 Å². The van der Waals surface area contributed by atoms with Crippen molar-refractivity contribution < 1.29 is 4.39 Å². The van der Waals surface area contributed by atoms with Crippen LogP contribution in [0.15, 0.2) is 35.3 Å². The third-order valence-electron chi connectivity index (χ3n) is 4.57. The fourth-order valence-electron chi connectivity index (χ4n) is 3.05. The first-order valence-electron chi connectivity index (χ1n) is 7.85. The topological polar surface area (TPSA) is 76.5 Å². The minimum absolute atomic E-state index is 0.0309. The summed E-state index contributed by atoms with van der Waals surface area (Å²) in [6.45, 7) is 0.125. The number of hydrogen-bond donors (Lipinski definition) is 0. The molecule has 25 heavy (non-hydrogen) atoms. The van der Waals surface area contributed by atoms with E-state index in [1.54, 1.807) is 18.2 Å². The molecule has 126 valence electrons. The highest BCUT2D eigenvalue weighted by molar-refractivity contribution is 6.34. The van der Waals surface area contributed by atoms with Crippen LogP contribution in [0.3, 0.4) is 0 Å². The van der Waals surface area contributed by atoms with Crippen molar-refractivity contribution in [3.63, 3.8) is 0 Å². The molecule has 0 unspecified atom stereocenters. The lowest BCUT2D eigenvalue weighted by Crippen LogP contribution is -2.35. The zero-order valence-corrected chi connectivity index (χ0v) is 13.8. The van der Waals surface area contributed by atoms with Crippen molar-refractivity contribution >= 4 is 22.5 Å². The van der Waals surface area contributed by atoms with E-state index in [4.69, 9.17) is 16.9 Å². The number of halogens is 2. The van der Waals surface area contributed by atoms with Crippen LogP contribution in [0.25, 0.3) is 10.9 Å². The monoisotopic (exact) mass is 357 g/mol. The predicted octanol–water partition coefficient (Wildman–Crippen LogP) is 2.91. The summed E-state index contributed by atoms with van der Waals surface area (Å²) in [6.07, 6.45) is 2.72. The summed E-state index contributed by atoms with van der Waals surface area (Å²) in [5.74, 6) is -0.387. The van der Waals surface area contributed by atoms with Crippen LogP contribution in [0.1, 0.15) is 24.4 Å². The standard InChI is InChI=1S/C17H13ClFN5O/c18-16-13-8-21-24(12-5-10(6-12)7-20)17(25)15(13)22-23(16)9-11-3-1-2-4-14(11)19/h1-4,8,10,12H,5-6,9H2. The summed E-state index contributed by atoms with van der Waals surface area (Å²) in [6, 6.07) is 8.44. The van der Waals surface area contributed by atoms with Crippen molar-refractivity contribution in [3.8, 4) is 6.07 Å². The molecule has 2 aromatic heterocycles. The van der Waals surface area contributed by atoms with Crippen molar-refractivity contribution in [1.29, 1.82) is 5.26 Å². The van der Waals surface area contributed by atoms with Gasteiger partial charge in [0.2, 0.25) is 0 Å². The van der Waals surface area contributed by atoms with Crippen molar-refractivity contribution in [2.24, 2.45) is 5.92 Å². The second-order valence-electron chi connectivity index (χ2n) is 6.15. The molecule has 1 aliphatic rings. The van der Waals surface area contributed by atoms with E-state index >= 15 is 0 Å². The minimum Gasteiger partial charge on any atom is -0.265 e. The average Bonchev–Trinajstić information content (AvgIpc) is 2.88. The molecule has 8 heteroatoms. The summed E-state index contributed by atoms with van der Waals surface area (Å²) in [5, 5.41) is 18.0. The van der Waals surface area contributed by atoms with Gasteiger partial charge in [0, 0.05) is 5.56 Å². The van der Waals surface area contributed by atoms with Crippen LogP contribution in [0.2, 0.25) is 5.15 Å². The van der Waals surface area contributed by atoms with Crippen molar-refractivity contribution in [1.82, 2.24) is 19.6 Å². The Balaban J connectivity index is 1.73. The van der Waals surface area contributed by atoms with Crippen molar-refractivity contribution in [2.45, 2.75) is 25.4 Å². The molecule has 3 aromatic rings. The summed E-state index contributed by atoms with van der Waals surface area (Å²) in [4.78, 5) is 12.7. The number of benzene rings is 1. The van der Waals surface area contributed by atoms with Gasteiger partial charge in [0.25, 0.3) is 5.56 Å². The maximum absolute atomic E-state index is 13.8.